The van der Waals surface area contributed by atoms with Gasteiger partial charge in [-0.05, 0) is 37.6 Å². The number of carbonyl (C=O) groups excluding carboxylic acids is 2. The van der Waals surface area contributed by atoms with Crippen LogP contribution in [0, 0.1) is 0 Å². The zero-order valence-corrected chi connectivity index (χ0v) is 13.7. The highest BCUT2D eigenvalue weighted by Gasteiger charge is 2.16. The molecule has 5 heteroatoms. The van der Waals surface area contributed by atoms with E-state index in [0.717, 1.165) is 5.56 Å². The first-order valence-electron chi connectivity index (χ1n) is 7.74. The van der Waals surface area contributed by atoms with Gasteiger partial charge >= 0.3 is 11.9 Å². The van der Waals surface area contributed by atoms with Crippen LogP contribution in [0.5, 0.6) is 5.75 Å². The summed E-state index contributed by atoms with van der Waals surface area (Å²) in [5.41, 5.74) is 1.27. The van der Waals surface area contributed by atoms with Crippen LogP contribution in [0.1, 0.15) is 29.8 Å². The average molecular weight is 328 g/mol. The Morgan fingerprint density at radius 3 is 2.46 bits per heavy atom. The third-order valence-electron chi connectivity index (χ3n) is 3.21. The Morgan fingerprint density at radius 1 is 1.00 bits per heavy atom. The van der Waals surface area contributed by atoms with Gasteiger partial charge in [-0.2, -0.15) is 0 Å². The number of carbonyl (C=O) groups is 2. The van der Waals surface area contributed by atoms with E-state index >= 15 is 0 Å². The van der Waals surface area contributed by atoms with E-state index in [4.69, 9.17) is 14.2 Å². The normalized spacial score (nSPS) is 11.4. The van der Waals surface area contributed by atoms with Crippen molar-refractivity contribution < 1.29 is 23.8 Å². The van der Waals surface area contributed by atoms with Crippen LogP contribution in [0.4, 0.5) is 0 Å². The van der Waals surface area contributed by atoms with E-state index < -0.39 is 18.0 Å². The van der Waals surface area contributed by atoms with Gasteiger partial charge in [0.05, 0.1) is 12.2 Å². The molecule has 0 radical (unpaired) electrons. The molecule has 0 fully saturated rings. The molecule has 0 bridgehead atoms. The average Bonchev–Trinajstić information content (AvgIpc) is 2.61. The highest BCUT2D eigenvalue weighted by Crippen LogP contribution is 2.17. The van der Waals surface area contributed by atoms with Gasteiger partial charge in [0, 0.05) is 0 Å². The molecular formula is C19H20O5. The third-order valence-corrected chi connectivity index (χ3v) is 3.21. The number of hydrogen-bond acceptors (Lipinski definition) is 5. The number of ether oxygens (including phenoxy) is 3. The van der Waals surface area contributed by atoms with E-state index in [1.165, 1.54) is 0 Å². The van der Waals surface area contributed by atoms with Crippen molar-refractivity contribution >= 4 is 11.9 Å². The van der Waals surface area contributed by atoms with Crippen LogP contribution in [-0.4, -0.2) is 24.6 Å². The van der Waals surface area contributed by atoms with Crippen LogP contribution in [0.2, 0.25) is 0 Å². The molecule has 5 nitrogen and oxygen atoms in total. The fourth-order valence-corrected chi connectivity index (χ4v) is 2.01. The summed E-state index contributed by atoms with van der Waals surface area (Å²) in [6, 6.07) is 16.0. The SMILES string of the molecule is CCOC(=O)C(C)Oc1cccc(C(=O)OCc2ccccc2)c1. The van der Waals surface area contributed by atoms with Crippen molar-refractivity contribution in [3.63, 3.8) is 0 Å². The predicted molar refractivity (Wildman–Crippen MR) is 88.7 cm³/mol. The second-order valence-electron chi connectivity index (χ2n) is 5.10. The number of esters is 2. The van der Waals surface area contributed by atoms with Crippen molar-refractivity contribution in [2.45, 2.75) is 26.6 Å². The highest BCUT2D eigenvalue weighted by molar-refractivity contribution is 5.89. The summed E-state index contributed by atoms with van der Waals surface area (Å²) >= 11 is 0. The molecule has 1 atom stereocenters. The minimum atomic E-state index is -0.750. The molecule has 0 aliphatic carbocycles. The van der Waals surface area contributed by atoms with Gasteiger partial charge in [0.2, 0.25) is 0 Å². The minimum absolute atomic E-state index is 0.198. The zero-order valence-electron chi connectivity index (χ0n) is 13.7. The molecule has 1 unspecified atom stereocenters. The monoisotopic (exact) mass is 328 g/mol. The molecule has 0 aliphatic heterocycles. The Labute approximate surface area is 141 Å². The minimum Gasteiger partial charge on any atom is -0.479 e. The first-order valence-corrected chi connectivity index (χ1v) is 7.74. The van der Waals surface area contributed by atoms with Gasteiger partial charge in [-0.15, -0.1) is 0 Å². The molecule has 0 heterocycles. The Hall–Kier alpha value is -2.82. The molecule has 2 rings (SSSR count). The Morgan fingerprint density at radius 2 is 1.75 bits per heavy atom. The van der Waals surface area contributed by atoms with Crippen LogP contribution >= 0.6 is 0 Å². The summed E-state index contributed by atoms with van der Waals surface area (Å²) in [6.45, 7) is 3.81. The Bertz CT molecular complexity index is 681. The van der Waals surface area contributed by atoms with Crippen molar-refractivity contribution in [1.29, 1.82) is 0 Å². The first-order chi connectivity index (χ1) is 11.6. The molecule has 0 saturated carbocycles. The summed E-state index contributed by atoms with van der Waals surface area (Å²) in [5, 5.41) is 0. The topological polar surface area (TPSA) is 61.8 Å². The van der Waals surface area contributed by atoms with Crippen molar-refractivity contribution in [2.75, 3.05) is 6.61 Å². The smallest absolute Gasteiger partial charge is 0.347 e. The largest absolute Gasteiger partial charge is 0.479 e. The molecule has 0 N–H and O–H groups in total. The molecule has 126 valence electrons. The summed E-state index contributed by atoms with van der Waals surface area (Å²) < 4.78 is 15.7. The lowest BCUT2D eigenvalue weighted by molar-refractivity contribution is -0.150. The lowest BCUT2D eigenvalue weighted by Crippen LogP contribution is -2.26. The fraction of sp³-hybridized carbons (Fsp3) is 0.263. The summed E-state index contributed by atoms with van der Waals surface area (Å²) in [4.78, 5) is 23.7. The van der Waals surface area contributed by atoms with Crippen molar-refractivity contribution in [2.24, 2.45) is 0 Å². The number of rotatable bonds is 7. The van der Waals surface area contributed by atoms with Crippen LogP contribution in [0.25, 0.3) is 0 Å². The Kier molecular flexibility index (Phi) is 6.37. The molecule has 0 aromatic heterocycles. The van der Waals surface area contributed by atoms with E-state index in [2.05, 4.69) is 0 Å². The van der Waals surface area contributed by atoms with Gasteiger partial charge in [0.15, 0.2) is 6.10 Å². The highest BCUT2D eigenvalue weighted by atomic mass is 16.6. The summed E-state index contributed by atoms with van der Waals surface area (Å²) in [6.07, 6.45) is -0.750. The van der Waals surface area contributed by atoms with Crippen molar-refractivity contribution in [3.05, 3.63) is 65.7 Å². The summed E-state index contributed by atoms with van der Waals surface area (Å²) in [5.74, 6) is -0.493. The van der Waals surface area contributed by atoms with Gasteiger partial charge in [-0.3, -0.25) is 0 Å². The maximum Gasteiger partial charge on any atom is 0.347 e. The van der Waals surface area contributed by atoms with E-state index in [-0.39, 0.29) is 6.61 Å². The van der Waals surface area contributed by atoms with Gasteiger partial charge in [0.25, 0.3) is 0 Å². The van der Waals surface area contributed by atoms with Gasteiger partial charge < -0.3 is 14.2 Å². The zero-order chi connectivity index (χ0) is 17.4. The molecule has 0 aliphatic rings. The van der Waals surface area contributed by atoms with Crippen LogP contribution in [0.3, 0.4) is 0 Å². The van der Waals surface area contributed by atoms with E-state index in [0.29, 0.717) is 17.9 Å². The van der Waals surface area contributed by atoms with Crippen molar-refractivity contribution in [1.82, 2.24) is 0 Å². The predicted octanol–water partition coefficient (Wildman–Crippen LogP) is 3.37. The van der Waals surface area contributed by atoms with Gasteiger partial charge in [-0.1, -0.05) is 36.4 Å². The molecular weight excluding hydrogens is 308 g/mol. The second-order valence-corrected chi connectivity index (χ2v) is 5.10. The van der Waals surface area contributed by atoms with E-state index in [1.807, 2.05) is 30.3 Å². The van der Waals surface area contributed by atoms with E-state index in [1.54, 1.807) is 38.1 Å². The molecule has 0 saturated heterocycles. The Balaban J connectivity index is 1.96. The maximum atomic E-state index is 12.1. The standard InChI is InChI=1S/C19H20O5/c1-3-22-18(20)14(2)24-17-11-7-10-16(12-17)19(21)23-13-15-8-5-4-6-9-15/h4-12,14H,3,13H2,1-2H3. The van der Waals surface area contributed by atoms with Crippen LogP contribution in [0.15, 0.2) is 54.6 Å². The first kappa shape index (κ1) is 17.5. The number of hydrogen-bond donors (Lipinski definition) is 0. The summed E-state index contributed by atoms with van der Waals surface area (Å²) in [7, 11) is 0. The molecule has 0 amide bonds. The molecule has 2 aromatic carbocycles. The van der Waals surface area contributed by atoms with Crippen LogP contribution in [-0.2, 0) is 20.9 Å². The second kappa shape index (κ2) is 8.72. The third kappa shape index (κ3) is 5.12. The quantitative estimate of drug-likeness (QED) is 0.729. The molecule has 24 heavy (non-hydrogen) atoms. The fourth-order valence-electron chi connectivity index (χ4n) is 2.01. The van der Waals surface area contributed by atoms with Gasteiger partial charge in [-0.25, -0.2) is 9.59 Å². The molecule has 0 spiro atoms. The lowest BCUT2D eigenvalue weighted by atomic mass is 10.2. The number of benzene rings is 2. The maximum absolute atomic E-state index is 12.1. The van der Waals surface area contributed by atoms with Crippen LogP contribution < -0.4 is 4.74 Å². The molecule has 2 aromatic rings. The lowest BCUT2D eigenvalue weighted by Gasteiger charge is -2.14. The van der Waals surface area contributed by atoms with Gasteiger partial charge in [0.1, 0.15) is 12.4 Å². The van der Waals surface area contributed by atoms with E-state index in [9.17, 15) is 9.59 Å². The van der Waals surface area contributed by atoms with Crippen molar-refractivity contribution in [3.8, 4) is 5.75 Å².